The average Bonchev–Trinajstić information content (AvgIpc) is 1.54. The summed E-state index contributed by atoms with van der Waals surface area (Å²) in [5.41, 5.74) is 33.3. The Labute approximate surface area is 592 Å². The molecule has 0 unspecified atom stereocenters. The Bertz CT molecular complexity index is 6520. The van der Waals surface area contributed by atoms with Crippen molar-refractivity contribution < 1.29 is 0 Å². The van der Waals surface area contributed by atoms with Crippen LogP contribution in [0, 0.1) is 85.0 Å². The van der Waals surface area contributed by atoms with E-state index in [1.54, 1.807) is 0 Å². The van der Waals surface area contributed by atoms with Crippen molar-refractivity contribution in [3.05, 3.63) is 321 Å². The van der Waals surface area contributed by atoms with Crippen LogP contribution in [0.2, 0.25) is 0 Å². The Morgan fingerprint density at radius 3 is 1.05 bits per heavy atom. The van der Waals surface area contributed by atoms with Gasteiger partial charge in [-0.1, -0.05) is 138 Å². The molecule has 0 radical (unpaired) electrons. The molecule has 18 aromatic rings. The summed E-state index contributed by atoms with van der Waals surface area (Å²) in [5, 5.41) is 31.8. The molecule has 12 aromatic carbocycles. The fourth-order valence-electron chi connectivity index (χ4n) is 16.4. The highest BCUT2D eigenvalue weighted by Crippen LogP contribution is 2.48. The van der Waals surface area contributed by atoms with Crippen molar-refractivity contribution in [1.29, 1.82) is 10.5 Å². The van der Waals surface area contributed by atoms with Crippen molar-refractivity contribution in [2.75, 3.05) is 0 Å². The zero-order chi connectivity index (χ0) is 69.5. The predicted molar refractivity (Wildman–Crippen MR) is 422 cm³/mol. The number of hydrogen-bond acceptors (Lipinski definition) is 4. The molecule has 0 bridgehead atoms. The van der Waals surface area contributed by atoms with E-state index in [2.05, 4.69) is 329 Å². The number of pyridine rings is 2. The summed E-state index contributed by atoms with van der Waals surface area (Å²) < 4.78 is 9.62. The Morgan fingerprint density at radius 2 is 0.627 bits per heavy atom. The third-order valence-corrected chi connectivity index (χ3v) is 21.0. The summed E-state index contributed by atoms with van der Waals surface area (Å²) in [6.07, 6.45) is 0.670. The van der Waals surface area contributed by atoms with E-state index in [4.69, 9.17) is 9.97 Å². The lowest BCUT2D eigenvalue weighted by Gasteiger charge is -2.22. The lowest BCUT2D eigenvalue weighted by atomic mass is 9.95. The molecule has 102 heavy (non-hydrogen) atoms. The van der Waals surface area contributed by atoms with E-state index in [1.165, 1.54) is 22.3 Å². The summed E-state index contributed by atoms with van der Waals surface area (Å²) in [6.45, 7) is 19.3. The quantitative estimate of drug-likeness (QED) is 0.136. The van der Waals surface area contributed by atoms with Gasteiger partial charge in [-0.2, -0.15) is 10.5 Å². The van der Waals surface area contributed by atoms with Gasteiger partial charge in [-0.15, -0.1) is 0 Å². The monoisotopic (exact) mass is 1310 g/mol. The Kier molecular flexibility index (Phi) is 14.3. The smallest absolute Gasteiger partial charge is 0.0993 e. The molecule has 0 N–H and O–H groups in total. The molecule has 8 nitrogen and oxygen atoms in total. The molecule has 0 atom stereocenters. The summed E-state index contributed by atoms with van der Waals surface area (Å²) in [4.78, 5) is 10.3. The van der Waals surface area contributed by atoms with E-state index in [9.17, 15) is 10.5 Å². The van der Waals surface area contributed by atoms with Crippen molar-refractivity contribution >= 4 is 87.2 Å². The van der Waals surface area contributed by atoms with Crippen LogP contribution in [0.1, 0.15) is 72.6 Å². The van der Waals surface area contributed by atoms with Crippen LogP contribution in [0.5, 0.6) is 0 Å². The topological polar surface area (TPSA) is 93.1 Å². The minimum Gasteiger partial charge on any atom is -0.308 e. The minimum absolute atomic E-state index is 0.546. The van der Waals surface area contributed by atoms with Gasteiger partial charge in [0.15, 0.2) is 0 Å². The van der Waals surface area contributed by atoms with Gasteiger partial charge in [-0.05, 0) is 241 Å². The van der Waals surface area contributed by atoms with E-state index in [-0.39, 0.29) is 0 Å². The highest BCUT2D eigenvalue weighted by Gasteiger charge is 2.28. The van der Waals surface area contributed by atoms with Crippen LogP contribution < -0.4 is 0 Å². The molecule has 0 saturated carbocycles. The zero-order valence-electron chi connectivity index (χ0n) is 58.5. The van der Waals surface area contributed by atoms with Gasteiger partial charge in [-0.3, -0.25) is 4.98 Å². The summed E-state index contributed by atoms with van der Waals surface area (Å²) in [6, 6.07) is 95.8. The molecular formula is C94H70N8. The first kappa shape index (κ1) is 61.5. The lowest BCUT2D eigenvalue weighted by Crippen LogP contribution is -2.06. The van der Waals surface area contributed by atoms with Gasteiger partial charge in [0.2, 0.25) is 0 Å². The third-order valence-electron chi connectivity index (χ3n) is 21.0. The summed E-state index contributed by atoms with van der Waals surface area (Å²) in [5.74, 6) is 0. The van der Waals surface area contributed by atoms with Gasteiger partial charge in [0.1, 0.15) is 0 Å². The average molecular weight is 1310 g/mol. The van der Waals surface area contributed by atoms with Gasteiger partial charge in [0.25, 0.3) is 0 Å². The first-order chi connectivity index (χ1) is 49.6. The molecule has 0 spiro atoms. The molecule has 486 valence electrons. The van der Waals surface area contributed by atoms with Crippen LogP contribution >= 0.6 is 0 Å². The molecule has 0 aliphatic heterocycles. The van der Waals surface area contributed by atoms with Gasteiger partial charge < -0.3 is 18.3 Å². The zero-order valence-corrected chi connectivity index (χ0v) is 58.5. The fraction of sp³-hybridized carbons (Fsp3) is 0.106. The number of aryl methyl sites for hydroxylation is 9. The van der Waals surface area contributed by atoms with Crippen LogP contribution in [-0.4, -0.2) is 28.2 Å². The van der Waals surface area contributed by atoms with Crippen molar-refractivity contribution in [3.63, 3.8) is 0 Å². The number of fused-ring (bicyclic) bond motifs is 12. The summed E-state index contributed by atoms with van der Waals surface area (Å²) >= 11 is 0. The second-order valence-electron chi connectivity index (χ2n) is 28.3. The predicted octanol–water partition coefficient (Wildman–Crippen LogP) is 23.6. The van der Waals surface area contributed by atoms with Crippen LogP contribution in [-0.2, 0) is 6.42 Å². The van der Waals surface area contributed by atoms with Crippen molar-refractivity contribution in [1.82, 2.24) is 28.2 Å². The van der Waals surface area contributed by atoms with E-state index in [0.717, 1.165) is 194 Å². The van der Waals surface area contributed by atoms with Crippen LogP contribution in [0.25, 0.3) is 155 Å². The van der Waals surface area contributed by atoms with Gasteiger partial charge in [0.05, 0.1) is 102 Å². The first-order valence-electron chi connectivity index (χ1n) is 35.0. The molecule has 0 aliphatic rings. The number of nitrogens with zero attached hydrogens (tertiary/aromatic N) is 8. The number of aromatic nitrogens is 6. The van der Waals surface area contributed by atoms with E-state index in [1.807, 2.05) is 12.1 Å². The maximum atomic E-state index is 11.4. The fourth-order valence-corrected chi connectivity index (χ4v) is 16.4. The molecule has 8 heteroatoms. The highest BCUT2D eigenvalue weighted by atomic mass is 15.0. The Morgan fingerprint density at radius 1 is 0.284 bits per heavy atom. The highest BCUT2D eigenvalue weighted by molar-refractivity contribution is 6.15. The van der Waals surface area contributed by atoms with Crippen LogP contribution in [0.15, 0.2) is 249 Å². The van der Waals surface area contributed by atoms with E-state index >= 15 is 0 Å². The molecule has 6 heterocycles. The maximum Gasteiger partial charge on any atom is 0.0993 e. The van der Waals surface area contributed by atoms with Crippen molar-refractivity contribution in [2.24, 2.45) is 0 Å². The largest absolute Gasteiger partial charge is 0.308 e. The van der Waals surface area contributed by atoms with Gasteiger partial charge in [0, 0.05) is 76.7 Å². The normalized spacial score (nSPS) is 11.8. The second-order valence-corrected chi connectivity index (χ2v) is 28.3. The minimum atomic E-state index is 0.546. The Hall–Kier alpha value is -12.9. The molecule has 0 fully saturated rings. The third kappa shape index (κ3) is 10.0. The van der Waals surface area contributed by atoms with Crippen LogP contribution in [0.3, 0.4) is 0 Å². The molecule has 6 aromatic heterocycles. The number of rotatable bonds is 10. The summed E-state index contributed by atoms with van der Waals surface area (Å²) in [7, 11) is 0. The molecule has 0 aliphatic carbocycles. The molecular weight excluding hydrogens is 1240 g/mol. The first-order valence-corrected chi connectivity index (χ1v) is 35.0. The number of hydrogen-bond donors (Lipinski definition) is 0. The lowest BCUT2D eigenvalue weighted by molar-refractivity contribution is 1.10. The van der Waals surface area contributed by atoms with Gasteiger partial charge >= 0.3 is 0 Å². The Balaban J connectivity index is 0.855. The SMILES string of the molecule is Cc1ccc2c(c1)c1cc(C)ccc1n2-c1cc(C#N)cc(-n2c3ccc(C)cc3c3cc(Cc4cc5c6ccc(C)cc6n(-c6cc(C#N)cc(-n7c8cc(C)ccc8c8ccc(C)cc87)c6-c6cc(C)nc(C)c6)c5cc4C)ccc32)c1-c1cc(-c2ccccc2)nc(-c2ccccc2)c1. The van der Waals surface area contributed by atoms with Crippen LogP contribution in [0.4, 0.5) is 0 Å². The molecule has 18 rings (SSSR count). The van der Waals surface area contributed by atoms with Gasteiger partial charge in [-0.25, -0.2) is 4.98 Å². The van der Waals surface area contributed by atoms with Crippen molar-refractivity contribution in [2.45, 2.75) is 68.7 Å². The van der Waals surface area contributed by atoms with Crippen molar-refractivity contribution in [3.8, 4) is 79.7 Å². The van der Waals surface area contributed by atoms with E-state index in [0.29, 0.717) is 17.5 Å². The molecule has 0 saturated heterocycles. The maximum absolute atomic E-state index is 11.4. The standard InChI is InChI=1S/C94H70N8/c1-54-23-30-81-74(34-54)75-35-55(2)24-31-82(75)99(81)89-45-64(52-95)46-90(94(89)70-50-79(66-16-12-10-13-17-66)98-80(51-70)67-18-14-11-15-19-67)100-83-32-25-56(3)36-76(83)77-44-63(26-33-84(77)100)43-68-49-78-73-29-22-59(6)39-87(73)102(88(78)40-60(68)7)92-48-65(53-96)47-91(93(92)69-41-61(8)97-62(9)42-69)101-85-37-57(4)20-27-71(85)72-28-21-58(5)38-86(72)101/h10-42,44-51H,43H2,1-9H3. The van der Waals surface area contributed by atoms with E-state index < -0.39 is 0 Å². The number of nitriles is 2. The molecule has 0 amide bonds. The number of benzene rings is 12. The second kappa shape index (κ2) is 23.7.